The summed E-state index contributed by atoms with van der Waals surface area (Å²) in [6, 6.07) is 12.0. The van der Waals surface area contributed by atoms with Gasteiger partial charge in [0.2, 0.25) is 5.91 Å². The van der Waals surface area contributed by atoms with Gasteiger partial charge in [0.25, 0.3) is 0 Å². The number of methoxy groups -OCH3 is 1. The van der Waals surface area contributed by atoms with Crippen molar-refractivity contribution < 1.29 is 14.3 Å². The van der Waals surface area contributed by atoms with Gasteiger partial charge in [-0.1, -0.05) is 38.3 Å². The predicted octanol–water partition coefficient (Wildman–Crippen LogP) is 6.33. The fourth-order valence-corrected chi connectivity index (χ4v) is 4.46. The lowest BCUT2D eigenvalue weighted by molar-refractivity contribution is -0.122. The van der Waals surface area contributed by atoms with Crippen LogP contribution in [-0.4, -0.2) is 19.1 Å². The van der Waals surface area contributed by atoms with Crippen molar-refractivity contribution in [1.82, 2.24) is 0 Å². The highest BCUT2D eigenvalue weighted by atomic mass is 16.5. The highest BCUT2D eigenvalue weighted by molar-refractivity contribution is 5.99. The molecule has 1 fully saturated rings. The summed E-state index contributed by atoms with van der Waals surface area (Å²) in [4.78, 5) is 13.6. The molecule has 4 nitrogen and oxygen atoms in total. The molecule has 1 amide bonds. The molecular formula is C26H35NO3. The van der Waals surface area contributed by atoms with Crippen LogP contribution in [0, 0.1) is 13.8 Å². The molecular weight excluding hydrogens is 374 g/mol. The largest absolute Gasteiger partial charge is 0.497 e. The van der Waals surface area contributed by atoms with Crippen LogP contribution in [0.2, 0.25) is 0 Å². The van der Waals surface area contributed by atoms with Crippen LogP contribution in [0.15, 0.2) is 36.4 Å². The zero-order valence-electron chi connectivity index (χ0n) is 19.0. The average Bonchev–Trinajstić information content (AvgIpc) is 2.76. The van der Waals surface area contributed by atoms with Crippen molar-refractivity contribution in [2.45, 2.75) is 77.7 Å². The van der Waals surface area contributed by atoms with Crippen molar-refractivity contribution >= 4 is 11.6 Å². The lowest BCUT2D eigenvalue weighted by Gasteiger charge is -2.36. The van der Waals surface area contributed by atoms with Crippen LogP contribution < -0.4 is 14.8 Å². The van der Waals surface area contributed by atoms with E-state index in [0.29, 0.717) is 0 Å². The Morgan fingerprint density at radius 1 is 1.07 bits per heavy atom. The van der Waals surface area contributed by atoms with Gasteiger partial charge in [-0.15, -0.1) is 0 Å². The fraction of sp³-hybridized carbons (Fsp3) is 0.500. The van der Waals surface area contributed by atoms with Gasteiger partial charge < -0.3 is 14.8 Å². The molecule has 0 unspecified atom stereocenters. The molecule has 0 aliphatic heterocycles. The number of hydrogen-bond donors (Lipinski definition) is 1. The molecule has 4 heteroatoms. The molecule has 1 aliphatic carbocycles. The Morgan fingerprint density at radius 2 is 1.67 bits per heavy atom. The number of carbonyl (C=O) groups is 1. The molecule has 0 bridgehead atoms. The van der Waals surface area contributed by atoms with E-state index in [-0.39, 0.29) is 12.0 Å². The molecule has 3 rings (SSSR count). The minimum Gasteiger partial charge on any atom is -0.497 e. The third-order valence-corrected chi connectivity index (χ3v) is 6.40. The maximum atomic E-state index is 13.6. The summed E-state index contributed by atoms with van der Waals surface area (Å²) in [5.74, 6) is 1.82. The van der Waals surface area contributed by atoms with E-state index in [4.69, 9.17) is 9.47 Å². The molecule has 0 aromatic heterocycles. The maximum Gasteiger partial charge on any atom is 0.235 e. The lowest BCUT2D eigenvalue weighted by atomic mass is 9.68. The second kappa shape index (κ2) is 9.55. The first-order valence-corrected chi connectivity index (χ1v) is 11.1. The van der Waals surface area contributed by atoms with Gasteiger partial charge in [-0.2, -0.15) is 0 Å². The van der Waals surface area contributed by atoms with Crippen LogP contribution in [-0.2, 0) is 10.2 Å². The van der Waals surface area contributed by atoms with Gasteiger partial charge in [0, 0.05) is 5.69 Å². The predicted molar refractivity (Wildman–Crippen MR) is 123 cm³/mol. The van der Waals surface area contributed by atoms with Crippen LogP contribution in [0.4, 0.5) is 5.69 Å². The number of rotatable bonds is 7. The summed E-state index contributed by atoms with van der Waals surface area (Å²) in [6.45, 7) is 8.28. The number of anilines is 1. The van der Waals surface area contributed by atoms with Gasteiger partial charge in [0.15, 0.2) is 0 Å². The normalized spacial score (nSPS) is 16.6. The van der Waals surface area contributed by atoms with Crippen LogP contribution in [0.3, 0.4) is 0 Å². The van der Waals surface area contributed by atoms with Crippen molar-refractivity contribution in [1.29, 1.82) is 0 Å². The van der Waals surface area contributed by atoms with Crippen LogP contribution in [0.25, 0.3) is 0 Å². The molecule has 1 saturated carbocycles. The van der Waals surface area contributed by atoms with E-state index in [1.165, 1.54) is 6.42 Å². The molecule has 1 N–H and O–H groups in total. The first-order chi connectivity index (χ1) is 14.4. The molecule has 162 valence electrons. The Balaban J connectivity index is 1.87. The van der Waals surface area contributed by atoms with E-state index >= 15 is 0 Å². The first-order valence-electron chi connectivity index (χ1n) is 11.1. The lowest BCUT2D eigenvalue weighted by Crippen LogP contribution is -2.42. The van der Waals surface area contributed by atoms with Crippen molar-refractivity contribution in [3.05, 3.63) is 53.1 Å². The summed E-state index contributed by atoms with van der Waals surface area (Å²) in [6.07, 6.45) is 6.20. The Labute approximate surface area is 181 Å². The van der Waals surface area contributed by atoms with Gasteiger partial charge in [0.05, 0.1) is 18.6 Å². The Bertz CT molecular complexity index is 843. The van der Waals surface area contributed by atoms with E-state index in [9.17, 15) is 4.79 Å². The van der Waals surface area contributed by atoms with Crippen LogP contribution in [0.5, 0.6) is 11.5 Å². The Hall–Kier alpha value is -2.49. The van der Waals surface area contributed by atoms with Gasteiger partial charge in [-0.05, 0) is 81.0 Å². The molecule has 2 aromatic rings. The Kier molecular flexibility index (Phi) is 7.06. The molecule has 0 radical (unpaired) electrons. The zero-order valence-corrected chi connectivity index (χ0v) is 19.0. The van der Waals surface area contributed by atoms with E-state index in [1.54, 1.807) is 7.11 Å². The number of benzene rings is 2. The summed E-state index contributed by atoms with van der Waals surface area (Å²) in [5.41, 5.74) is 3.52. The molecule has 1 atom stereocenters. The number of ether oxygens (including phenoxy) is 2. The minimum atomic E-state index is -0.488. The van der Waals surface area contributed by atoms with Gasteiger partial charge >= 0.3 is 0 Å². The number of carbonyl (C=O) groups excluding carboxylic acids is 1. The van der Waals surface area contributed by atoms with E-state index in [2.05, 4.69) is 19.2 Å². The molecule has 0 saturated heterocycles. The zero-order chi connectivity index (χ0) is 21.7. The SMILES string of the molecule is CC[C@H](C)Oc1c(C)cc(NC(=O)C2(c3ccc(OC)cc3)CCCCC2)cc1C. The monoisotopic (exact) mass is 409 g/mol. The number of hydrogen-bond acceptors (Lipinski definition) is 3. The molecule has 2 aromatic carbocycles. The second-order valence-electron chi connectivity index (χ2n) is 8.60. The van der Waals surface area contributed by atoms with E-state index in [1.807, 2.05) is 50.2 Å². The van der Waals surface area contributed by atoms with Crippen molar-refractivity contribution in [2.24, 2.45) is 0 Å². The topological polar surface area (TPSA) is 47.6 Å². The molecule has 0 heterocycles. The first kappa shape index (κ1) is 22.2. The quantitative estimate of drug-likeness (QED) is 0.581. The molecule has 1 aliphatic rings. The van der Waals surface area contributed by atoms with Crippen molar-refractivity contribution in [3.63, 3.8) is 0 Å². The maximum absolute atomic E-state index is 13.6. The van der Waals surface area contributed by atoms with Crippen LogP contribution in [0.1, 0.15) is 69.1 Å². The third kappa shape index (κ3) is 4.63. The minimum absolute atomic E-state index is 0.0850. The smallest absolute Gasteiger partial charge is 0.235 e. The second-order valence-corrected chi connectivity index (χ2v) is 8.60. The van der Waals surface area contributed by atoms with Gasteiger partial charge in [-0.25, -0.2) is 0 Å². The van der Waals surface area contributed by atoms with Gasteiger partial charge in [-0.3, -0.25) is 4.79 Å². The van der Waals surface area contributed by atoms with Crippen molar-refractivity contribution in [3.8, 4) is 11.5 Å². The summed E-state index contributed by atoms with van der Waals surface area (Å²) >= 11 is 0. The highest BCUT2D eigenvalue weighted by Gasteiger charge is 2.41. The van der Waals surface area contributed by atoms with E-state index < -0.39 is 5.41 Å². The number of nitrogens with one attached hydrogen (secondary N) is 1. The summed E-state index contributed by atoms with van der Waals surface area (Å²) in [5, 5.41) is 3.23. The van der Waals surface area contributed by atoms with Crippen molar-refractivity contribution in [2.75, 3.05) is 12.4 Å². The highest BCUT2D eigenvalue weighted by Crippen LogP contribution is 2.41. The third-order valence-electron chi connectivity index (χ3n) is 6.40. The summed E-state index contributed by atoms with van der Waals surface area (Å²) < 4.78 is 11.4. The number of aryl methyl sites for hydroxylation is 2. The van der Waals surface area contributed by atoms with E-state index in [0.717, 1.165) is 66.0 Å². The molecule has 30 heavy (non-hydrogen) atoms. The fourth-order valence-electron chi connectivity index (χ4n) is 4.46. The van der Waals surface area contributed by atoms with Gasteiger partial charge in [0.1, 0.15) is 11.5 Å². The summed E-state index contributed by atoms with van der Waals surface area (Å²) in [7, 11) is 1.66. The Morgan fingerprint density at radius 3 is 2.20 bits per heavy atom. The van der Waals surface area contributed by atoms with Crippen LogP contribution >= 0.6 is 0 Å². The average molecular weight is 410 g/mol. The molecule has 0 spiro atoms. The number of amides is 1. The standard InChI is InChI=1S/C26H35NO3/c1-6-20(4)30-24-18(2)16-22(17-19(24)3)27-25(28)26(14-8-7-9-15-26)21-10-12-23(29-5)13-11-21/h10-13,16-17,20H,6-9,14-15H2,1-5H3,(H,27,28)/t20-/m0/s1.